The number of halogens is 2. The van der Waals surface area contributed by atoms with Gasteiger partial charge in [0.05, 0.1) is 5.52 Å². The summed E-state index contributed by atoms with van der Waals surface area (Å²) in [6.07, 6.45) is 1.56. The van der Waals surface area contributed by atoms with Crippen LogP contribution in [0.1, 0.15) is 38.2 Å². The zero-order valence-electron chi connectivity index (χ0n) is 18.8. The quantitative estimate of drug-likeness (QED) is 0.499. The third-order valence-electron chi connectivity index (χ3n) is 5.69. The van der Waals surface area contributed by atoms with Crippen molar-refractivity contribution in [3.63, 3.8) is 0 Å². The van der Waals surface area contributed by atoms with Crippen LogP contribution >= 0.6 is 0 Å². The molecule has 0 spiro atoms. The SMILES string of the molecule is CCn1c(CO)nn(-c2cc3c(cc2F)c(=O)c(-c2cc(C)ccc2F)cn3C(C)C)c1=O. The van der Waals surface area contributed by atoms with Gasteiger partial charge in [0, 0.05) is 35.3 Å². The molecule has 4 rings (SSSR count). The maximum Gasteiger partial charge on any atom is 0.350 e. The normalized spacial score (nSPS) is 11.6. The highest BCUT2D eigenvalue weighted by Crippen LogP contribution is 2.28. The number of fused-ring (bicyclic) bond motifs is 1. The summed E-state index contributed by atoms with van der Waals surface area (Å²) in [7, 11) is 0. The molecule has 0 aliphatic rings. The number of hydrogen-bond donors (Lipinski definition) is 1. The van der Waals surface area contributed by atoms with Gasteiger partial charge in [0.1, 0.15) is 23.9 Å². The average Bonchev–Trinajstić information content (AvgIpc) is 3.10. The number of aromatic nitrogens is 4. The second-order valence-electron chi connectivity index (χ2n) is 8.19. The zero-order valence-corrected chi connectivity index (χ0v) is 18.8. The Bertz CT molecular complexity index is 1500. The van der Waals surface area contributed by atoms with Crippen LogP contribution in [-0.2, 0) is 13.2 Å². The summed E-state index contributed by atoms with van der Waals surface area (Å²) in [5.74, 6) is -1.27. The molecule has 0 atom stereocenters. The molecule has 0 bridgehead atoms. The predicted molar refractivity (Wildman–Crippen MR) is 122 cm³/mol. The van der Waals surface area contributed by atoms with E-state index in [1.807, 2.05) is 13.8 Å². The molecule has 33 heavy (non-hydrogen) atoms. The lowest BCUT2D eigenvalue weighted by molar-refractivity contribution is 0.264. The van der Waals surface area contributed by atoms with Gasteiger partial charge in [-0.1, -0.05) is 11.6 Å². The number of benzene rings is 2. The molecule has 1 N–H and O–H groups in total. The van der Waals surface area contributed by atoms with Crippen LogP contribution < -0.4 is 11.1 Å². The monoisotopic (exact) mass is 454 g/mol. The van der Waals surface area contributed by atoms with Crippen LogP contribution in [0.4, 0.5) is 8.78 Å². The Morgan fingerprint density at radius 1 is 1.06 bits per heavy atom. The molecule has 0 unspecified atom stereocenters. The summed E-state index contributed by atoms with van der Waals surface area (Å²) in [6, 6.07) is 6.78. The van der Waals surface area contributed by atoms with Crippen LogP contribution in [0.25, 0.3) is 27.7 Å². The third kappa shape index (κ3) is 3.68. The predicted octanol–water partition coefficient (Wildman–Crippen LogP) is 3.70. The second kappa shape index (κ2) is 8.40. The van der Waals surface area contributed by atoms with Crippen molar-refractivity contribution >= 4 is 10.9 Å². The molecule has 2 aromatic carbocycles. The molecular weight excluding hydrogens is 430 g/mol. The molecule has 2 aromatic heterocycles. The van der Waals surface area contributed by atoms with Crippen LogP contribution in [0, 0.1) is 18.6 Å². The molecule has 0 saturated carbocycles. The van der Waals surface area contributed by atoms with E-state index in [2.05, 4.69) is 5.10 Å². The first kappa shape index (κ1) is 22.6. The molecule has 0 radical (unpaired) electrons. The van der Waals surface area contributed by atoms with Crippen LogP contribution in [0.15, 0.2) is 46.1 Å². The fourth-order valence-electron chi connectivity index (χ4n) is 4.01. The van der Waals surface area contributed by atoms with E-state index >= 15 is 4.39 Å². The Labute approximate surface area is 188 Å². The molecule has 0 fully saturated rings. The van der Waals surface area contributed by atoms with Crippen molar-refractivity contribution in [1.82, 2.24) is 18.9 Å². The lowest BCUT2D eigenvalue weighted by atomic mass is 10.0. The number of aliphatic hydroxyl groups is 1. The van der Waals surface area contributed by atoms with Crippen molar-refractivity contribution < 1.29 is 13.9 Å². The number of nitrogens with zero attached hydrogens (tertiary/aromatic N) is 4. The van der Waals surface area contributed by atoms with Gasteiger partial charge in [-0.05, 0) is 52.0 Å². The minimum Gasteiger partial charge on any atom is -0.388 e. The van der Waals surface area contributed by atoms with Gasteiger partial charge in [0.15, 0.2) is 11.3 Å². The first-order chi connectivity index (χ1) is 15.7. The van der Waals surface area contributed by atoms with E-state index in [9.17, 15) is 19.1 Å². The Hall–Kier alpha value is -3.59. The third-order valence-corrected chi connectivity index (χ3v) is 5.69. The minimum absolute atomic E-state index is 0.0636. The molecule has 0 saturated heterocycles. The van der Waals surface area contributed by atoms with Gasteiger partial charge in [-0.15, -0.1) is 5.10 Å². The van der Waals surface area contributed by atoms with E-state index in [0.29, 0.717) is 5.52 Å². The van der Waals surface area contributed by atoms with Gasteiger partial charge in [-0.3, -0.25) is 9.36 Å². The van der Waals surface area contributed by atoms with Crippen molar-refractivity contribution in [3.8, 4) is 16.8 Å². The molecule has 0 aliphatic heterocycles. The minimum atomic E-state index is -0.830. The Kier molecular flexibility index (Phi) is 5.75. The second-order valence-corrected chi connectivity index (χ2v) is 8.19. The van der Waals surface area contributed by atoms with Crippen molar-refractivity contribution in [1.29, 1.82) is 0 Å². The van der Waals surface area contributed by atoms with Crippen LogP contribution in [-0.4, -0.2) is 24.0 Å². The summed E-state index contributed by atoms with van der Waals surface area (Å²) in [5.41, 5.74) is 0.181. The number of rotatable bonds is 5. The Balaban J connectivity index is 2.06. The van der Waals surface area contributed by atoms with E-state index < -0.39 is 29.4 Å². The van der Waals surface area contributed by atoms with Gasteiger partial charge < -0.3 is 9.67 Å². The van der Waals surface area contributed by atoms with Crippen LogP contribution in [0.5, 0.6) is 0 Å². The number of pyridine rings is 1. The molecule has 2 heterocycles. The average molecular weight is 454 g/mol. The largest absolute Gasteiger partial charge is 0.388 e. The zero-order chi connectivity index (χ0) is 24.0. The van der Waals surface area contributed by atoms with E-state index in [-0.39, 0.29) is 40.6 Å². The smallest absolute Gasteiger partial charge is 0.350 e. The van der Waals surface area contributed by atoms with E-state index in [4.69, 9.17) is 0 Å². The summed E-state index contributed by atoms with van der Waals surface area (Å²) in [5, 5.41) is 13.6. The van der Waals surface area contributed by atoms with Gasteiger partial charge >= 0.3 is 5.69 Å². The Morgan fingerprint density at radius 2 is 1.79 bits per heavy atom. The van der Waals surface area contributed by atoms with E-state index in [0.717, 1.165) is 16.3 Å². The van der Waals surface area contributed by atoms with Crippen molar-refractivity contribution in [3.05, 3.63) is 80.3 Å². The fourth-order valence-corrected chi connectivity index (χ4v) is 4.01. The summed E-state index contributed by atoms with van der Waals surface area (Å²) in [4.78, 5) is 26.1. The molecule has 0 aliphatic carbocycles. The number of aryl methyl sites for hydroxylation is 1. The van der Waals surface area contributed by atoms with Crippen molar-refractivity contribution in [2.75, 3.05) is 0 Å². The number of aliphatic hydroxyl groups excluding tert-OH is 1. The molecule has 7 nitrogen and oxygen atoms in total. The fraction of sp³-hybridized carbons (Fsp3) is 0.292. The highest BCUT2D eigenvalue weighted by atomic mass is 19.1. The molecule has 0 amide bonds. The highest BCUT2D eigenvalue weighted by Gasteiger charge is 2.21. The maximum atomic E-state index is 15.2. The highest BCUT2D eigenvalue weighted by molar-refractivity contribution is 5.86. The van der Waals surface area contributed by atoms with Crippen molar-refractivity contribution in [2.45, 2.75) is 46.9 Å². The summed E-state index contributed by atoms with van der Waals surface area (Å²) >= 11 is 0. The maximum absolute atomic E-state index is 15.2. The Morgan fingerprint density at radius 3 is 2.39 bits per heavy atom. The molecular formula is C24H24F2N4O3. The van der Waals surface area contributed by atoms with Crippen LogP contribution in [0.2, 0.25) is 0 Å². The van der Waals surface area contributed by atoms with E-state index in [1.54, 1.807) is 36.7 Å². The van der Waals surface area contributed by atoms with Gasteiger partial charge in [-0.2, -0.15) is 4.68 Å². The standard InChI is InChI=1S/C24H24F2N4O3/c1-5-28-22(12-31)27-30(24(28)33)21-10-20-16(9-19(21)26)23(32)17(11-29(20)13(2)3)15-8-14(4)6-7-18(15)25/h6-11,13,31H,5,12H2,1-4H3. The van der Waals surface area contributed by atoms with Gasteiger partial charge in [0.2, 0.25) is 0 Å². The molecule has 9 heteroatoms. The molecule has 4 aromatic rings. The number of hydrogen-bond acceptors (Lipinski definition) is 4. The molecule has 172 valence electrons. The van der Waals surface area contributed by atoms with E-state index in [1.165, 1.54) is 16.7 Å². The van der Waals surface area contributed by atoms with Gasteiger partial charge in [-0.25, -0.2) is 13.6 Å². The summed E-state index contributed by atoms with van der Waals surface area (Å²) in [6.45, 7) is 7.05. The first-order valence-corrected chi connectivity index (χ1v) is 10.6. The lowest BCUT2D eigenvalue weighted by Crippen LogP contribution is -2.25. The summed E-state index contributed by atoms with van der Waals surface area (Å²) < 4.78 is 33.7. The lowest BCUT2D eigenvalue weighted by Gasteiger charge is -2.18. The van der Waals surface area contributed by atoms with Crippen molar-refractivity contribution in [2.24, 2.45) is 0 Å². The topological polar surface area (TPSA) is 82.0 Å². The van der Waals surface area contributed by atoms with Gasteiger partial charge in [0.25, 0.3) is 0 Å². The first-order valence-electron chi connectivity index (χ1n) is 10.6. The van der Waals surface area contributed by atoms with Crippen LogP contribution in [0.3, 0.4) is 0 Å².